The van der Waals surface area contributed by atoms with Gasteiger partial charge >= 0.3 is 0 Å². The molecule has 0 saturated heterocycles. The highest BCUT2D eigenvalue weighted by molar-refractivity contribution is 6.30. The zero-order valence-corrected chi connectivity index (χ0v) is 10.9. The van der Waals surface area contributed by atoms with Crippen molar-refractivity contribution in [2.45, 2.75) is 12.8 Å². The molecule has 0 N–H and O–H groups in total. The third-order valence-electron chi connectivity index (χ3n) is 2.39. The first-order chi connectivity index (χ1) is 8.19. The zero-order valence-electron chi connectivity index (χ0n) is 9.41. The lowest BCUT2D eigenvalue weighted by Crippen LogP contribution is -1.90. The molecule has 0 bridgehead atoms. The van der Waals surface area contributed by atoms with Gasteiger partial charge in [0.05, 0.1) is 5.88 Å². The summed E-state index contributed by atoms with van der Waals surface area (Å²) < 4.78 is 5.79. The van der Waals surface area contributed by atoms with Crippen molar-refractivity contribution < 1.29 is 4.74 Å². The second-order valence-corrected chi connectivity index (χ2v) is 4.51. The van der Waals surface area contributed by atoms with Gasteiger partial charge in [-0.1, -0.05) is 29.8 Å². The standard InChI is InChI=1S/C14H12Cl2O/c1-10-3-2-4-13(7-10)17-14-8-12(16)6-5-11(14)9-15/h2-8H,9H2,1H3. The maximum atomic E-state index is 5.95. The average Bonchev–Trinajstić information content (AvgIpc) is 2.29. The van der Waals surface area contributed by atoms with E-state index in [0.29, 0.717) is 16.7 Å². The SMILES string of the molecule is Cc1cccc(Oc2cc(Cl)ccc2CCl)c1. The van der Waals surface area contributed by atoms with E-state index in [4.69, 9.17) is 27.9 Å². The van der Waals surface area contributed by atoms with E-state index >= 15 is 0 Å². The molecule has 17 heavy (non-hydrogen) atoms. The van der Waals surface area contributed by atoms with E-state index in [1.165, 1.54) is 0 Å². The minimum Gasteiger partial charge on any atom is -0.457 e. The van der Waals surface area contributed by atoms with Gasteiger partial charge in [0.1, 0.15) is 11.5 Å². The smallest absolute Gasteiger partial charge is 0.133 e. The van der Waals surface area contributed by atoms with Gasteiger partial charge in [-0.05, 0) is 36.8 Å². The average molecular weight is 267 g/mol. The summed E-state index contributed by atoms with van der Waals surface area (Å²) in [6.07, 6.45) is 0. The van der Waals surface area contributed by atoms with Gasteiger partial charge in [0.2, 0.25) is 0 Å². The van der Waals surface area contributed by atoms with Crippen LogP contribution >= 0.6 is 23.2 Å². The first-order valence-corrected chi connectivity index (χ1v) is 6.19. The number of hydrogen-bond acceptors (Lipinski definition) is 1. The fourth-order valence-corrected chi connectivity index (χ4v) is 1.92. The summed E-state index contributed by atoms with van der Waals surface area (Å²) in [5, 5.41) is 0.640. The number of hydrogen-bond donors (Lipinski definition) is 0. The molecule has 0 heterocycles. The van der Waals surface area contributed by atoms with Crippen molar-refractivity contribution in [1.82, 2.24) is 0 Å². The molecule has 2 aromatic rings. The molecule has 3 heteroatoms. The van der Waals surface area contributed by atoms with E-state index in [0.717, 1.165) is 16.9 Å². The number of alkyl halides is 1. The third-order valence-corrected chi connectivity index (χ3v) is 2.91. The number of ether oxygens (including phenoxy) is 1. The van der Waals surface area contributed by atoms with Crippen molar-refractivity contribution in [1.29, 1.82) is 0 Å². The fraction of sp³-hybridized carbons (Fsp3) is 0.143. The van der Waals surface area contributed by atoms with Crippen molar-refractivity contribution in [2.24, 2.45) is 0 Å². The van der Waals surface area contributed by atoms with Crippen molar-refractivity contribution in [2.75, 3.05) is 0 Å². The van der Waals surface area contributed by atoms with Crippen LogP contribution in [0, 0.1) is 6.92 Å². The Labute approximate surface area is 111 Å². The Hall–Kier alpha value is -1.18. The molecule has 0 aromatic heterocycles. The highest BCUT2D eigenvalue weighted by Crippen LogP contribution is 2.29. The quantitative estimate of drug-likeness (QED) is 0.696. The minimum atomic E-state index is 0.401. The molecule has 0 aliphatic carbocycles. The Morgan fingerprint density at radius 3 is 2.65 bits per heavy atom. The maximum absolute atomic E-state index is 5.95. The first kappa shape index (κ1) is 12.3. The summed E-state index contributed by atoms with van der Waals surface area (Å²) in [4.78, 5) is 0. The van der Waals surface area contributed by atoms with E-state index in [1.807, 2.05) is 43.3 Å². The third kappa shape index (κ3) is 3.15. The van der Waals surface area contributed by atoms with Crippen LogP contribution in [-0.2, 0) is 5.88 Å². The van der Waals surface area contributed by atoms with Crippen molar-refractivity contribution >= 4 is 23.2 Å². The van der Waals surface area contributed by atoms with E-state index in [2.05, 4.69) is 0 Å². The van der Waals surface area contributed by atoms with Crippen LogP contribution in [0.15, 0.2) is 42.5 Å². The minimum absolute atomic E-state index is 0.401. The Balaban J connectivity index is 2.32. The van der Waals surface area contributed by atoms with Crippen LogP contribution in [0.4, 0.5) is 0 Å². The van der Waals surface area contributed by atoms with Gasteiger partial charge in [-0.3, -0.25) is 0 Å². The molecule has 1 nitrogen and oxygen atoms in total. The molecule has 0 unspecified atom stereocenters. The van der Waals surface area contributed by atoms with Gasteiger partial charge in [-0.15, -0.1) is 11.6 Å². The lowest BCUT2D eigenvalue weighted by atomic mass is 10.2. The second-order valence-electron chi connectivity index (χ2n) is 3.80. The number of rotatable bonds is 3. The highest BCUT2D eigenvalue weighted by atomic mass is 35.5. The van der Waals surface area contributed by atoms with E-state index in [1.54, 1.807) is 6.07 Å². The van der Waals surface area contributed by atoms with Gasteiger partial charge in [0.15, 0.2) is 0 Å². The Kier molecular flexibility index (Phi) is 3.93. The molecule has 0 aliphatic heterocycles. The highest BCUT2D eigenvalue weighted by Gasteiger charge is 2.05. The molecular formula is C14H12Cl2O. The molecule has 0 atom stereocenters. The Morgan fingerprint density at radius 2 is 1.94 bits per heavy atom. The summed E-state index contributed by atoms with van der Waals surface area (Å²) in [5.74, 6) is 1.90. The van der Waals surface area contributed by atoms with Crippen LogP contribution in [0.2, 0.25) is 5.02 Å². The summed E-state index contributed by atoms with van der Waals surface area (Å²) in [7, 11) is 0. The largest absolute Gasteiger partial charge is 0.457 e. The molecule has 0 saturated carbocycles. The molecule has 2 rings (SSSR count). The van der Waals surface area contributed by atoms with Crippen LogP contribution in [0.1, 0.15) is 11.1 Å². The number of halogens is 2. The summed E-state index contributed by atoms with van der Waals surface area (Å²) >= 11 is 11.8. The summed E-state index contributed by atoms with van der Waals surface area (Å²) in [6.45, 7) is 2.02. The van der Waals surface area contributed by atoms with Gasteiger partial charge in [-0.2, -0.15) is 0 Å². The first-order valence-electron chi connectivity index (χ1n) is 5.28. The molecule has 0 spiro atoms. The van der Waals surface area contributed by atoms with Gasteiger partial charge in [0, 0.05) is 10.6 Å². The molecule has 0 radical (unpaired) electrons. The molecule has 0 amide bonds. The predicted octanol–water partition coefficient (Wildman–Crippen LogP) is 5.18. The monoisotopic (exact) mass is 266 g/mol. The van der Waals surface area contributed by atoms with E-state index < -0.39 is 0 Å². The van der Waals surface area contributed by atoms with Crippen LogP contribution in [0.3, 0.4) is 0 Å². The molecule has 0 aliphatic rings. The van der Waals surface area contributed by atoms with Crippen LogP contribution in [0.5, 0.6) is 11.5 Å². The molecule has 0 fully saturated rings. The van der Waals surface area contributed by atoms with Crippen LogP contribution in [0.25, 0.3) is 0 Å². The van der Waals surface area contributed by atoms with Crippen molar-refractivity contribution in [3.63, 3.8) is 0 Å². The van der Waals surface area contributed by atoms with Gasteiger partial charge in [0.25, 0.3) is 0 Å². The number of aryl methyl sites for hydroxylation is 1. The topological polar surface area (TPSA) is 9.23 Å². The van der Waals surface area contributed by atoms with Gasteiger partial charge < -0.3 is 4.74 Å². The maximum Gasteiger partial charge on any atom is 0.133 e. The molecular weight excluding hydrogens is 255 g/mol. The Morgan fingerprint density at radius 1 is 1.12 bits per heavy atom. The van der Waals surface area contributed by atoms with Crippen LogP contribution in [-0.4, -0.2) is 0 Å². The second kappa shape index (κ2) is 5.44. The molecule has 88 valence electrons. The molecule has 2 aromatic carbocycles. The van der Waals surface area contributed by atoms with E-state index in [9.17, 15) is 0 Å². The summed E-state index contributed by atoms with van der Waals surface area (Å²) in [6, 6.07) is 13.3. The van der Waals surface area contributed by atoms with Crippen molar-refractivity contribution in [3.05, 3.63) is 58.6 Å². The lowest BCUT2D eigenvalue weighted by molar-refractivity contribution is 0.478. The normalized spacial score (nSPS) is 10.3. The van der Waals surface area contributed by atoms with Crippen molar-refractivity contribution in [3.8, 4) is 11.5 Å². The van der Waals surface area contributed by atoms with Crippen LogP contribution < -0.4 is 4.74 Å². The Bertz CT molecular complexity index is 523. The fourth-order valence-electron chi connectivity index (χ4n) is 1.54. The lowest BCUT2D eigenvalue weighted by Gasteiger charge is -2.10. The zero-order chi connectivity index (χ0) is 12.3. The van der Waals surface area contributed by atoms with E-state index in [-0.39, 0.29) is 0 Å². The van der Waals surface area contributed by atoms with Gasteiger partial charge in [-0.25, -0.2) is 0 Å². The predicted molar refractivity (Wildman–Crippen MR) is 72.3 cm³/mol. The number of benzene rings is 2. The summed E-state index contributed by atoms with van der Waals surface area (Å²) in [5.41, 5.74) is 2.08.